The van der Waals surface area contributed by atoms with Crippen molar-refractivity contribution in [3.05, 3.63) is 63.2 Å². The number of phenols is 1. The number of carboxylic acid groups (broad SMARTS) is 2. The van der Waals surface area contributed by atoms with E-state index >= 15 is 0 Å². The lowest BCUT2D eigenvalue weighted by Crippen LogP contribution is -2.27. The maximum atomic E-state index is 12.5. The molecule has 216 valence electrons. The predicted molar refractivity (Wildman–Crippen MR) is 159 cm³/mol. The van der Waals surface area contributed by atoms with E-state index in [2.05, 4.69) is 107 Å². The summed E-state index contributed by atoms with van der Waals surface area (Å²) in [5.74, 6) is -2.55. The van der Waals surface area contributed by atoms with Crippen LogP contribution in [-0.2, 0) is 37.7 Å². The van der Waals surface area contributed by atoms with E-state index in [9.17, 15) is 24.9 Å². The molecule has 0 aliphatic rings. The zero-order chi connectivity index (χ0) is 30.3. The van der Waals surface area contributed by atoms with Gasteiger partial charge in [-0.25, -0.2) is 0 Å². The molecule has 0 aliphatic heterocycles. The second kappa shape index (κ2) is 11.0. The normalized spacial score (nSPS) is 13.8. The maximum absolute atomic E-state index is 12.5. The van der Waals surface area contributed by atoms with Crippen LogP contribution in [0.5, 0.6) is 5.75 Å². The Labute approximate surface area is 235 Å². The van der Waals surface area contributed by atoms with Crippen LogP contribution in [0.15, 0.2) is 24.3 Å². The van der Waals surface area contributed by atoms with Crippen molar-refractivity contribution in [2.75, 3.05) is 0 Å². The number of aromatic hydroxyl groups is 1. The second-order valence-electron chi connectivity index (χ2n) is 15.1. The molecule has 1 unspecified atom stereocenters. The van der Waals surface area contributed by atoms with Gasteiger partial charge >= 0.3 is 11.9 Å². The molecule has 2 aromatic carbocycles. The first-order valence-electron chi connectivity index (χ1n) is 13.9. The molecular formula is C34H50O5. The van der Waals surface area contributed by atoms with Crippen molar-refractivity contribution < 1.29 is 24.9 Å². The minimum absolute atomic E-state index is 0.0397. The topological polar surface area (TPSA) is 94.8 Å². The van der Waals surface area contributed by atoms with E-state index in [1.807, 2.05) is 0 Å². The highest BCUT2D eigenvalue weighted by Crippen LogP contribution is 2.43. The largest absolute Gasteiger partial charge is 0.507 e. The number of rotatable bonds is 7. The standard InChI is InChI=1S/C34H50O5/c1-31(2,3)23-16-20(15-21-18-25(33(7,8)9)29(37)26(19-21)34(10,11)12)17-24(32(4,5)6)28(23)22(30(38)39)13-14-27(35)36/h16-19,22,37H,13-15H2,1-12H3,(H,35,36)(H,38,39). The van der Waals surface area contributed by atoms with Gasteiger partial charge in [0.2, 0.25) is 0 Å². The Morgan fingerprint density at radius 2 is 0.974 bits per heavy atom. The molecule has 39 heavy (non-hydrogen) atoms. The van der Waals surface area contributed by atoms with Gasteiger partial charge in [0.05, 0.1) is 5.92 Å². The average molecular weight is 539 g/mol. The van der Waals surface area contributed by atoms with Crippen LogP contribution in [0.2, 0.25) is 0 Å². The summed E-state index contributed by atoms with van der Waals surface area (Å²) in [7, 11) is 0. The second-order valence-corrected chi connectivity index (χ2v) is 15.1. The van der Waals surface area contributed by atoms with E-state index in [-0.39, 0.29) is 34.5 Å². The minimum Gasteiger partial charge on any atom is -0.507 e. The Morgan fingerprint density at radius 3 is 1.26 bits per heavy atom. The smallest absolute Gasteiger partial charge is 0.311 e. The van der Waals surface area contributed by atoms with E-state index in [4.69, 9.17) is 0 Å². The van der Waals surface area contributed by atoms with Crippen molar-refractivity contribution in [2.45, 2.75) is 130 Å². The highest BCUT2D eigenvalue weighted by atomic mass is 16.4. The molecule has 1 atom stereocenters. The summed E-state index contributed by atoms with van der Waals surface area (Å²) in [5.41, 5.74) is 5.41. The van der Waals surface area contributed by atoms with Crippen LogP contribution in [0.4, 0.5) is 0 Å². The number of carboxylic acids is 2. The molecule has 0 aliphatic carbocycles. The van der Waals surface area contributed by atoms with Gasteiger partial charge in [-0.05, 0) is 73.4 Å². The van der Waals surface area contributed by atoms with Crippen LogP contribution in [-0.4, -0.2) is 27.3 Å². The van der Waals surface area contributed by atoms with E-state index in [1.54, 1.807) is 0 Å². The van der Waals surface area contributed by atoms with Gasteiger partial charge in [-0.1, -0.05) is 107 Å². The maximum Gasteiger partial charge on any atom is 0.311 e. The SMILES string of the molecule is CC(C)(C)c1cc(Cc2cc(C(C)(C)C)c(C(CCC(=O)O)C(=O)O)c(C(C)(C)C)c2)cc(C(C)(C)C)c1O. The molecule has 0 aromatic heterocycles. The van der Waals surface area contributed by atoms with Crippen LogP contribution >= 0.6 is 0 Å². The molecule has 0 fully saturated rings. The fourth-order valence-corrected chi connectivity index (χ4v) is 5.27. The zero-order valence-corrected chi connectivity index (χ0v) is 26.2. The number of aliphatic carboxylic acids is 2. The molecule has 2 aromatic rings. The van der Waals surface area contributed by atoms with Crippen molar-refractivity contribution >= 4 is 11.9 Å². The Morgan fingerprint density at radius 1 is 0.641 bits per heavy atom. The van der Waals surface area contributed by atoms with Gasteiger partial charge in [-0.15, -0.1) is 0 Å². The average Bonchev–Trinajstić information content (AvgIpc) is 2.71. The third-order valence-electron chi connectivity index (χ3n) is 7.34. The van der Waals surface area contributed by atoms with Crippen molar-refractivity contribution in [1.82, 2.24) is 0 Å². The first-order chi connectivity index (χ1) is 17.4. The fraction of sp³-hybridized carbons (Fsp3) is 0.588. The van der Waals surface area contributed by atoms with Gasteiger partial charge in [0.15, 0.2) is 0 Å². The number of hydrogen-bond donors (Lipinski definition) is 3. The molecule has 5 nitrogen and oxygen atoms in total. The lowest BCUT2D eigenvalue weighted by Gasteiger charge is -2.34. The molecule has 0 radical (unpaired) electrons. The summed E-state index contributed by atoms with van der Waals surface area (Å²) in [6.07, 6.45) is 0.467. The summed E-state index contributed by atoms with van der Waals surface area (Å²) < 4.78 is 0. The molecule has 0 saturated carbocycles. The Hall–Kier alpha value is -2.82. The van der Waals surface area contributed by atoms with Gasteiger partial charge in [0, 0.05) is 6.42 Å². The summed E-state index contributed by atoms with van der Waals surface area (Å²) in [6, 6.07) is 8.42. The molecule has 0 spiro atoms. The highest BCUT2D eigenvalue weighted by molar-refractivity contribution is 5.79. The number of hydrogen-bond acceptors (Lipinski definition) is 3. The van der Waals surface area contributed by atoms with Gasteiger partial charge in [-0.2, -0.15) is 0 Å². The predicted octanol–water partition coefficient (Wildman–Crippen LogP) is 8.21. The lowest BCUT2D eigenvalue weighted by atomic mass is 9.70. The third kappa shape index (κ3) is 7.86. The monoisotopic (exact) mass is 538 g/mol. The minimum atomic E-state index is -0.997. The van der Waals surface area contributed by atoms with Crippen molar-refractivity contribution in [2.24, 2.45) is 0 Å². The number of benzene rings is 2. The van der Waals surface area contributed by atoms with Crippen molar-refractivity contribution in [1.29, 1.82) is 0 Å². The quantitative estimate of drug-likeness (QED) is 0.330. The Bertz CT molecular complexity index is 1150. The zero-order valence-electron chi connectivity index (χ0n) is 26.2. The molecule has 0 amide bonds. The first kappa shape index (κ1) is 32.4. The van der Waals surface area contributed by atoms with Crippen LogP contribution in [0.3, 0.4) is 0 Å². The van der Waals surface area contributed by atoms with E-state index in [0.29, 0.717) is 12.2 Å². The summed E-state index contributed by atoms with van der Waals surface area (Å²) >= 11 is 0. The number of carbonyl (C=O) groups is 2. The summed E-state index contributed by atoms with van der Waals surface area (Å²) in [4.78, 5) is 23.9. The molecule has 0 bridgehead atoms. The lowest BCUT2D eigenvalue weighted by molar-refractivity contribution is -0.140. The van der Waals surface area contributed by atoms with Crippen molar-refractivity contribution in [3.8, 4) is 5.75 Å². The third-order valence-corrected chi connectivity index (χ3v) is 7.34. The van der Waals surface area contributed by atoms with E-state index in [1.165, 1.54) is 0 Å². The van der Waals surface area contributed by atoms with Gasteiger partial charge < -0.3 is 15.3 Å². The molecule has 0 saturated heterocycles. The summed E-state index contributed by atoms with van der Waals surface area (Å²) in [5, 5.41) is 30.8. The van der Waals surface area contributed by atoms with Gasteiger partial charge in [0.1, 0.15) is 5.75 Å². The molecule has 5 heteroatoms. The van der Waals surface area contributed by atoms with Crippen LogP contribution in [0.1, 0.15) is 141 Å². The molecular weight excluding hydrogens is 488 g/mol. The first-order valence-corrected chi connectivity index (χ1v) is 13.9. The Kier molecular flexibility index (Phi) is 9.12. The van der Waals surface area contributed by atoms with E-state index in [0.717, 1.165) is 38.9 Å². The molecule has 0 heterocycles. The highest BCUT2D eigenvalue weighted by Gasteiger charge is 2.34. The van der Waals surface area contributed by atoms with Gasteiger partial charge in [0.25, 0.3) is 0 Å². The van der Waals surface area contributed by atoms with Crippen molar-refractivity contribution in [3.63, 3.8) is 0 Å². The van der Waals surface area contributed by atoms with Gasteiger partial charge in [-0.3, -0.25) is 9.59 Å². The Balaban J connectivity index is 2.88. The summed E-state index contributed by atoms with van der Waals surface area (Å²) in [6.45, 7) is 25.1. The van der Waals surface area contributed by atoms with Crippen LogP contribution in [0.25, 0.3) is 0 Å². The number of phenolic OH excluding ortho intramolecular Hbond substituents is 1. The van der Waals surface area contributed by atoms with E-state index < -0.39 is 17.9 Å². The van der Waals surface area contributed by atoms with Crippen LogP contribution in [0, 0.1) is 0 Å². The molecule has 2 rings (SSSR count). The fourth-order valence-electron chi connectivity index (χ4n) is 5.27. The van der Waals surface area contributed by atoms with Crippen LogP contribution < -0.4 is 0 Å². The molecule has 3 N–H and O–H groups in total.